The Hall–Kier alpha value is -2.27. The molecule has 1 aliphatic rings. The number of hydrogen-bond donors (Lipinski definition) is 2. The van der Waals surface area contributed by atoms with E-state index in [4.69, 9.17) is 14.9 Å². The Kier molecular flexibility index (Phi) is 3.66. The first-order valence-electron chi connectivity index (χ1n) is 6.98. The summed E-state index contributed by atoms with van der Waals surface area (Å²) in [6.07, 6.45) is 1.89. The Bertz CT molecular complexity index is 633. The largest absolute Gasteiger partial charge is 0.497 e. The highest BCUT2D eigenvalue weighted by molar-refractivity contribution is 5.92. The lowest BCUT2D eigenvalue weighted by Crippen LogP contribution is -2.54. The van der Waals surface area contributed by atoms with Crippen molar-refractivity contribution in [3.8, 4) is 17.1 Å². The van der Waals surface area contributed by atoms with E-state index in [1.165, 1.54) is 0 Å². The van der Waals surface area contributed by atoms with Crippen LogP contribution < -0.4 is 15.8 Å². The van der Waals surface area contributed by atoms with Gasteiger partial charge in [0.05, 0.1) is 7.11 Å². The molecular formula is C16H18N2O3. The quantitative estimate of drug-likeness (QED) is 0.903. The van der Waals surface area contributed by atoms with Gasteiger partial charge in [-0.05, 0) is 49.2 Å². The predicted octanol–water partition coefficient (Wildman–Crippen LogP) is 2.17. The second-order valence-electron chi connectivity index (χ2n) is 5.21. The average Bonchev–Trinajstić information content (AvgIpc) is 3.01. The van der Waals surface area contributed by atoms with Gasteiger partial charge in [0.1, 0.15) is 11.5 Å². The van der Waals surface area contributed by atoms with E-state index in [2.05, 4.69) is 5.32 Å². The number of carbonyl (C=O) groups is 1. The Balaban J connectivity index is 1.71. The first-order valence-corrected chi connectivity index (χ1v) is 6.98. The van der Waals surface area contributed by atoms with Crippen LogP contribution in [0.25, 0.3) is 11.3 Å². The molecule has 3 N–H and O–H groups in total. The molecule has 3 rings (SSSR count). The molecule has 2 aromatic rings. The summed E-state index contributed by atoms with van der Waals surface area (Å²) in [6, 6.07) is 11.1. The number of furan rings is 1. The van der Waals surface area contributed by atoms with Crippen LogP contribution in [-0.2, 0) is 0 Å². The molecule has 21 heavy (non-hydrogen) atoms. The van der Waals surface area contributed by atoms with Gasteiger partial charge in [0.15, 0.2) is 5.76 Å². The minimum Gasteiger partial charge on any atom is -0.497 e. The van der Waals surface area contributed by atoms with Gasteiger partial charge in [0.2, 0.25) is 0 Å². The molecule has 0 bridgehead atoms. The molecule has 0 aliphatic heterocycles. The van der Waals surface area contributed by atoms with Crippen LogP contribution in [0.4, 0.5) is 0 Å². The normalized spacial score (nSPS) is 20.7. The molecule has 1 aliphatic carbocycles. The Morgan fingerprint density at radius 3 is 2.57 bits per heavy atom. The van der Waals surface area contributed by atoms with E-state index < -0.39 is 0 Å². The third kappa shape index (κ3) is 2.78. The maximum Gasteiger partial charge on any atom is 0.287 e. The van der Waals surface area contributed by atoms with E-state index in [9.17, 15) is 4.79 Å². The second kappa shape index (κ2) is 5.61. The molecule has 0 radical (unpaired) electrons. The molecule has 1 heterocycles. The average molecular weight is 286 g/mol. The minimum atomic E-state index is -0.213. The van der Waals surface area contributed by atoms with Gasteiger partial charge in [-0.2, -0.15) is 0 Å². The highest BCUT2D eigenvalue weighted by Gasteiger charge is 2.29. The zero-order valence-corrected chi connectivity index (χ0v) is 11.8. The molecule has 0 saturated heterocycles. The number of carbonyl (C=O) groups excluding carboxylic acids is 1. The van der Waals surface area contributed by atoms with Crippen LogP contribution in [0.3, 0.4) is 0 Å². The van der Waals surface area contributed by atoms with Crippen LogP contribution in [-0.4, -0.2) is 25.1 Å². The fraction of sp³-hybridized carbons (Fsp3) is 0.312. The number of nitrogens with one attached hydrogen (secondary N) is 1. The lowest BCUT2D eigenvalue weighted by atomic mass is 9.87. The van der Waals surface area contributed by atoms with Crippen LogP contribution in [0.2, 0.25) is 0 Å². The highest BCUT2D eigenvalue weighted by atomic mass is 16.5. The van der Waals surface area contributed by atoms with Gasteiger partial charge >= 0.3 is 0 Å². The number of rotatable bonds is 4. The topological polar surface area (TPSA) is 77.5 Å². The first kappa shape index (κ1) is 13.7. The molecule has 1 fully saturated rings. The van der Waals surface area contributed by atoms with E-state index in [0.717, 1.165) is 24.2 Å². The third-order valence-corrected chi connectivity index (χ3v) is 3.85. The van der Waals surface area contributed by atoms with Crippen molar-refractivity contribution in [1.82, 2.24) is 5.32 Å². The summed E-state index contributed by atoms with van der Waals surface area (Å²) in [6.45, 7) is 0. The summed E-state index contributed by atoms with van der Waals surface area (Å²) in [5, 5.41) is 2.89. The van der Waals surface area contributed by atoms with Crippen LogP contribution in [0.1, 0.15) is 23.4 Å². The van der Waals surface area contributed by atoms with Gasteiger partial charge in [-0.25, -0.2) is 0 Å². The monoisotopic (exact) mass is 286 g/mol. The molecule has 110 valence electrons. The standard InChI is InChI=1S/C16H18N2O3/c1-20-11-4-2-10(3-5-11)14-8-9-15(21-14)16(19)18-13-7-6-12(13)17/h2-5,8-9,12-13H,6-7,17H2,1H3,(H,18,19)/t12-,13+/m1/s1. The number of nitrogens with two attached hydrogens (primary N) is 1. The minimum absolute atomic E-state index is 0.0602. The SMILES string of the molecule is COc1ccc(-c2ccc(C(=O)N[C@H]3CC[C@H]3N)o2)cc1. The van der Waals surface area contributed by atoms with Crippen molar-refractivity contribution in [2.24, 2.45) is 5.73 Å². The predicted molar refractivity (Wildman–Crippen MR) is 79.2 cm³/mol. The Morgan fingerprint density at radius 2 is 2.00 bits per heavy atom. The van der Waals surface area contributed by atoms with Crippen molar-refractivity contribution in [2.75, 3.05) is 7.11 Å². The summed E-state index contributed by atoms with van der Waals surface area (Å²) >= 11 is 0. The number of benzene rings is 1. The fourth-order valence-electron chi connectivity index (χ4n) is 2.31. The van der Waals surface area contributed by atoms with Crippen molar-refractivity contribution < 1.29 is 13.9 Å². The van der Waals surface area contributed by atoms with Crippen LogP contribution >= 0.6 is 0 Å². The molecule has 0 unspecified atom stereocenters. The summed E-state index contributed by atoms with van der Waals surface area (Å²) in [4.78, 5) is 12.1. The first-order chi connectivity index (χ1) is 10.2. The van der Waals surface area contributed by atoms with Gasteiger partial charge in [-0.15, -0.1) is 0 Å². The van der Waals surface area contributed by atoms with E-state index in [1.54, 1.807) is 19.2 Å². The third-order valence-electron chi connectivity index (χ3n) is 3.85. The number of methoxy groups -OCH3 is 1. The zero-order chi connectivity index (χ0) is 14.8. The molecule has 1 saturated carbocycles. The van der Waals surface area contributed by atoms with Crippen molar-refractivity contribution >= 4 is 5.91 Å². The molecule has 0 spiro atoms. The number of hydrogen-bond acceptors (Lipinski definition) is 4. The molecule has 2 atom stereocenters. The zero-order valence-electron chi connectivity index (χ0n) is 11.8. The Labute approximate surface area is 123 Å². The van der Waals surface area contributed by atoms with Gasteiger partial charge < -0.3 is 20.2 Å². The molecule has 1 aromatic heterocycles. The van der Waals surface area contributed by atoms with Crippen molar-refractivity contribution in [1.29, 1.82) is 0 Å². The van der Waals surface area contributed by atoms with Crippen molar-refractivity contribution in [3.05, 3.63) is 42.2 Å². The van der Waals surface area contributed by atoms with Gasteiger partial charge in [-0.3, -0.25) is 4.79 Å². The molecule has 1 amide bonds. The molecular weight excluding hydrogens is 268 g/mol. The molecule has 1 aromatic carbocycles. The summed E-state index contributed by atoms with van der Waals surface area (Å²) in [5.74, 6) is 1.53. The van der Waals surface area contributed by atoms with E-state index in [-0.39, 0.29) is 18.0 Å². The van der Waals surface area contributed by atoms with Gasteiger partial charge in [0, 0.05) is 17.6 Å². The maximum absolute atomic E-state index is 12.1. The van der Waals surface area contributed by atoms with Crippen molar-refractivity contribution in [2.45, 2.75) is 24.9 Å². The number of ether oxygens (including phenoxy) is 1. The summed E-state index contributed by atoms with van der Waals surface area (Å²) in [7, 11) is 1.62. The van der Waals surface area contributed by atoms with Gasteiger partial charge in [-0.1, -0.05) is 0 Å². The van der Waals surface area contributed by atoms with E-state index in [0.29, 0.717) is 11.5 Å². The highest BCUT2D eigenvalue weighted by Crippen LogP contribution is 2.25. The lowest BCUT2D eigenvalue weighted by Gasteiger charge is -2.33. The van der Waals surface area contributed by atoms with Crippen LogP contribution in [0.15, 0.2) is 40.8 Å². The summed E-state index contributed by atoms with van der Waals surface area (Å²) in [5.41, 5.74) is 6.71. The van der Waals surface area contributed by atoms with Crippen LogP contribution in [0, 0.1) is 0 Å². The van der Waals surface area contributed by atoms with Crippen LogP contribution in [0.5, 0.6) is 5.75 Å². The maximum atomic E-state index is 12.1. The fourth-order valence-corrected chi connectivity index (χ4v) is 2.31. The Morgan fingerprint density at radius 1 is 1.24 bits per heavy atom. The molecule has 5 nitrogen and oxygen atoms in total. The summed E-state index contributed by atoms with van der Waals surface area (Å²) < 4.78 is 10.7. The smallest absolute Gasteiger partial charge is 0.287 e. The van der Waals surface area contributed by atoms with E-state index >= 15 is 0 Å². The van der Waals surface area contributed by atoms with Crippen molar-refractivity contribution in [3.63, 3.8) is 0 Å². The second-order valence-corrected chi connectivity index (χ2v) is 5.21. The van der Waals surface area contributed by atoms with E-state index in [1.807, 2.05) is 24.3 Å². The van der Waals surface area contributed by atoms with Gasteiger partial charge in [0.25, 0.3) is 5.91 Å². The number of amides is 1. The molecule has 5 heteroatoms. The lowest BCUT2D eigenvalue weighted by molar-refractivity contribution is 0.0878.